The molecule has 0 aromatic heterocycles. The van der Waals surface area contributed by atoms with E-state index in [1.165, 1.54) is 11.9 Å². The Morgan fingerprint density at radius 1 is 1.00 bits per heavy atom. The molecule has 4 heteroatoms. The lowest BCUT2D eigenvalue weighted by atomic mass is 10.4. The van der Waals surface area contributed by atoms with Crippen molar-refractivity contribution >= 4 is 11.9 Å². The maximum atomic E-state index is 9.54. The zero-order valence-electron chi connectivity index (χ0n) is 3.97. The largest absolute Gasteiger partial charge is 0.387 e. The summed E-state index contributed by atoms with van der Waals surface area (Å²) >= 11 is 0. The summed E-state index contributed by atoms with van der Waals surface area (Å²) in [4.78, 5) is 19.1. The molecule has 0 aromatic rings. The number of hydrogen-bond acceptors (Lipinski definition) is 4. The third kappa shape index (κ3) is 1.30. The van der Waals surface area contributed by atoms with Crippen molar-refractivity contribution in [1.82, 2.24) is 0 Å². The summed E-state index contributed by atoms with van der Waals surface area (Å²) in [5.74, 6) is 2.47. The first-order valence-electron chi connectivity index (χ1n) is 1.74. The van der Waals surface area contributed by atoms with Crippen molar-refractivity contribution in [2.45, 2.75) is 0 Å². The molecular formula is C4H4N2O2. The Bertz CT molecular complexity index is 162. The Labute approximate surface area is 45.5 Å². The lowest BCUT2D eigenvalue weighted by molar-refractivity contribution is 0.563. The summed E-state index contributed by atoms with van der Waals surface area (Å²) in [7, 11) is 0. The topological polar surface area (TPSA) is 86.2 Å². The average Bonchev–Trinajstić information content (AvgIpc) is 1.84. The van der Waals surface area contributed by atoms with Crippen LogP contribution in [0.3, 0.4) is 0 Å². The van der Waals surface area contributed by atoms with Crippen LogP contribution in [0.25, 0.3) is 0 Å². The van der Waals surface area contributed by atoms with E-state index in [4.69, 9.17) is 11.5 Å². The summed E-state index contributed by atoms with van der Waals surface area (Å²) in [5, 5.41) is 0. The SMILES string of the molecule is NC(=C=O)C(N)=C=O. The molecule has 42 valence electrons. The minimum Gasteiger partial charge on any atom is -0.387 e. The van der Waals surface area contributed by atoms with Gasteiger partial charge in [0.05, 0.1) is 0 Å². The maximum absolute atomic E-state index is 9.54. The Morgan fingerprint density at radius 3 is 1.38 bits per heavy atom. The zero-order valence-corrected chi connectivity index (χ0v) is 3.97. The van der Waals surface area contributed by atoms with Gasteiger partial charge in [-0.2, -0.15) is 0 Å². The molecule has 0 saturated carbocycles. The smallest absolute Gasteiger partial charge is 0.153 e. The van der Waals surface area contributed by atoms with Crippen LogP contribution in [-0.2, 0) is 9.59 Å². The van der Waals surface area contributed by atoms with E-state index in [0.29, 0.717) is 0 Å². The normalized spacial score (nSPS) is 6.50. The third-order valence-corrected chi connectivity index (χ3v) is 0.510. The van der Waals surface area contributed by atoms with Crippen molar-refractivity contribution in [3.63, 3.8) is 0 Å². The summed E-state index contributed by atoms with van der Waals surface area (Å²) in [5.41, 5.74) is 8.79. The number of nitrogens with two attached hydrogens (primary N) is 2. The second kappa shape index (κ2) is 2.64. The van der Waals surface area contributed by atoms with Gasteiger partial charge in [-0.3, -0.25) is 0 Å². The minimum atomic E-state index is -0.403. The van der Waals surface area contributed by atoms with Crippen LogP contribution in [0.2, 0.25) is 0 Å². The second-order valence-electron chi connectivity index (χ2n) is 1.03. The van der Waals surface area contributed by atoms with Gasteiger partial charge in [0.25, 0.3) is 0 Å². The van der Waals surface area contributed by atoms with E-state index in [1.54, 1.807) is 0 Å². The molecule has 0 aromatic carbocycles. The third-order valence-electron chi connectivity index (χ3n) is 0.510. The van der Waals surface area contributed by atoms with Gasteiger partial charge >= 0.3 is 0 Å². The number of rotatable bonds is 1. The van der Waals surface area contributed by atoms with Crippen LogP contribution in [0.1, 0.15) is 0 Å². The van der Waals surface area contributed by atoms with E-state index in [0.717, 1.165) is 0 Å². The highest BCUT2D eigenvalue weighted by Gasteiger charge is 1.92. The van der Waals surface area contributed by atoms with Gasteiger partial charge in [-0.25, -0.2) is 9.59 Å². The van der Waals surface area contributed by atoms with Crippen molar-refractivity contribution < 1.29 is 9.59 Å². The fourth-order valence-electron chi connectivity index (χ4n) is 0.110. The van der Waals surface area contributed by atoms with E-state index >= 15 is 0 Å². The zero-order chi connectivity index (χ0) is 6.57. The van der Waals surface area contributed by atoms with Crippen LogP contribution < -0.4 is 11.5 Å². The molecule has 0 aliphatic heterocycles. The number of hydrogen-bond donors (Lipinski definition) is 2. The van der Waals surface area contributed by atoms with E-state index in [-0.39, 0.29) is 0 Å². The predicted molar refractivity (Wildman–Crippen MR) is 26.8 cm³/mol. The van der Waals surface area contributed by atoms with Gasteiger partial charge in [-0.05, 0) is 0 Å². The highest BCUT2D eigenvalue weighted by atomic mass is 16.1. The summed E-state index contributed by atoms with van der Waals surface area (Å²) < 4.78 is 0. The predicted octanol–water partition coefficient (Wildman–Crippen LogP) is -1.67. The molecule has 0 heterocycles. The molecule has 0 rings (SSSR count). The lowest BCUT2D eigenvalue weighted by Gasteiger charge is -1.84. The molecule has 4 N–H and O–H groups in total. The van der Waals surface area contributed by atoms with Crippen LogP contribution in [0.4, 0.5) is 0 Å². The molecule has 0 amide bonds. The molecule has 0 aliphatic rings. The fourth-order valence-corrected chi connectivity index (χ4v) is 0.110. The molecular weight excluding hydrogens is 108 g/mol. The van der Waals surface area contributed by atoms with Gasteiger partial charge in [0.15, 0.2) is 23.3 Å². The van der Waals surface area contributed by atoms with Gasteiger partial charge < -0.3 is 11.5 Å². The Morgan fingerprint density at radius 2 is 1.25 bits per heavy atom. The van der Waals surface area contributed by atoms with Crippen LogP contribution in [0.5, 0.6) is 0 Å². The quantitative estimate of drug-likeness (QED) is 0.314. The van der Waals surface area contributed by atoms with Gasteiger partial charge in [0, 0.05) is 0 Å². The van der Waals surface area contributed by atoms with Crippen LogP contribution in [0.15, 0.2) is 11.4 Å². The first-order chi connectivity index (χ1) is 3.72. The van der Waals surface area contributed by atoms with Gasteiger partial charge in [-0.1, -0.05) is 0 Å². The fraction of sp³-hybridized carbons (Fsp3) is 0. The number of carbonyl (C=O) groups excluding carboxylic acids is 2. The molecule has 0 fully saturated rings. The molecule has 0 atom stereocenters. The van der Waals surface area contributed by atoms with Crippen LogP contribution in [0, 0.1) is 0 Å². The van der Waals surface area contributed by atoms with E-state index in [2.05, 4.69) is 0 Å². The summed E-state index contributed by atoms with van der Waals surface area (Å²) in [6.45, 7) is 0. The molecule has 0 spiro atoms. The Kier molecular flexibility index (Phi) is 2.14. The Hall–Kier alpha value is -1.50. The van der Waals surface area contributed by atoms with Crippen molar-refractivity contribution in [2.75, 3.05) is 0 Å². The first kappa shape index (κ1) is 6.50. The molecule has 8 heavy (non-hydrogen) atoms. The van der Waals surface area contributed by atoms with Crippen molar-refractivity contribution in [3.8, 4) is 0 Å². The van der Waals surface area contributed by atoms with E-state index < -0.39 is 11.4 Å². The summed E-state index contributed by atoms with van der Waals surface area (Å²) in [6, 6.07) is 0. The molecule has 0 radical (unpaired) electrons. The van der Waals surface area contributed by atoms with Crippen LogP contribution in [-0.4, -0.2) is 11.9 Å². The highest BCUT2D eigenvalue weighted by molar-refractivity contribution is 5.68. The van der Waals surface area contributed by atoms with E-state index in [9.17, 15) is 9.59 Å². The molecule has 0 saturated heterocycles. The highest BCUT2D eigenvalue weighted by Crippen LogP contribution is 1.79. The van der Waals surface area contributed by atoms with Gasteiger partial charge in [-0.15, -0.1) is 0 Å². The van der Waals surface area contributed by atoms with Gasteiger partial charge in [0.1, 0.15) is 0 Å². The lowest BCUT2D eigenvalue weighted by Crippen LogP contribution is -2.09. The minimum absolute atomic E-state index is 0.403. The second-order valence-corrected chi connectivity index (χ2v) is 1.03. The van der Waals surface area contributed by atoms with Crippen LogP contribution >= 0.6 is 0 Å². The molecule has 0 aliphatic carbocycles. The molecule has 0 unspecified atom stereocenters. The molecule has 4 nitrogen and oxygen atoms in total. The molecule has 0 bridgehead atoms. The van der Waals surface area contributed by atoms with Gasteiger partial charge in [0.2, 0.25) is 0 Å². The summed E-state index contributed by atoms with van der Waals surface area (Å²) in [6.07, 6.45) is 0. The first-order valence-corrected chi connectivity index (χ1v) is 1.74. The van der Waals surface area contributed by atoms with E-state index in [1.807, 2.05) is 0 Å². The van der Waals surface area contributed by atoms with Crippen molar-refractivity contribution in [3.05, 3.63) is 11.4 Å². The maximum Gasteiger partial charge on any atom is 0.153 e. The standard InChI is InChI=1S/C4H4N2O2/c5-3(1-7)4(6)2-8/h5-6H2. The van der Waals surface area contributed by atoms with Crippen molar-refractivity contribution in [1.29, 1.82) is 0 Å². The monoisotopic (exact) mass is 112 g/mol. The Balaban J connectivity index is 4.52. The van der Waals surface area contributed by atoms with Crippen molar-refractivity contribution in [2.24, 2.45) is 11.5 Å². The average molecular weight is 112 g/mol.